The number of hydrogen-bond acceptors (Lipinski definition) is 5. The van der Waals surface area contributed by atoms with Gasteiger partial charge in [0.25, 0.3) is 0 Å². The Balaban J connectivity index is 1.49. The highest BCUT2D eigenvalue weighted by Crippen LogP contribution is 2.28. The van der Waals surface area contributed by atoms with E-state index in [1.807, 2.05) is 49.0 Å². The van der Waals surface area contributed by atoms with Crippen molar-refractivity contribution in [1.82, 2.24) is 14.1 Å². The van der Waals surface area contributed by atoms with E-state index in [2.05, 4.69) is 5.10 Å². The van der Waals surface area contributed by atoms with Gasteiger partial charge in [-0.05, 0) is 36.8 Å². The molecular formula is C23H27N3O4S. The molecule has 1 aliphatic rings. The van der Waals surface area contributed by atoms with Gasteiger partial charge in [-0.1, -0.05) is 30.3 Å². The first kappa shape index (κ1) is 21.5. The first-order valence-corrected chi connectivity index (χ1v) is 11.8. The standard InChI is InChI=1S/C23H27N3O4S/c1-3-30-19-9-11-20(12-10-19)31(27,28)26-14-13-23-21(15-26)22(24-25(23)2)17-29-16-18-7-5-4-6-8-18/h4-12H,3,13-17H2,1-2H3. The van der Waals surface area contributed by atoms with Gasteiger partial charge in [0.05, 0.1) is 30.4 Å². The van der Waals surface area contributed by atoms with E-state index in [9.17, 15) is 8.42 Å². The second-order valence-corrected chi connectivity index (χ2v) is 9.40. The number of rotatable bonds is 8. The molecule has 0 aliphatic carbocycles. The summed E-state index contributed by atoms with van der Waals surface area (Å²) in [6.07, 6.45) is 0.619. The predicted molar refractivity (Wildman–Crippen MR) is 117 cm³/mol. The van der Waals surface area contributed by atoms with Crippen LogP contribution in [-0.2, 0) is 48.0 Å². The summed E-state index contributed by atoms with van der Waals surface area (Å²) in [5.41, 5.74) is 3.89. The minimum atomic E-state index is -3.61. The second-order valence-electron chi connectivity index (χ2n) is 7.47. The van der Waals surface area contributed by atoms with Crippen molar-refractivity contribution in [2.45, 2.75) is 38.0 Å². The summed E-state index contributed by atoms with van der Waals surface area (Å²) in [6, 6.07) is 16.5. The molecule has 3 aromatic rings. The number of aromatic nitrogens is 2. The van der Waals surface area contributed by atoms with E-state index in [1.165, 1.54) is 4.31 Å². The van der Waals surface area contributed by atoms with Crippen LogP contribution in [0.3, 0.4) is 0 Å². The summed E-state index contributed by atoms with van der Waals surface area (Å²) >= 11 is 0. The van der Waals surface area contributed by atoms with Gasteiger partial charge in [-0.25, -0.2) is 8.42 Å². The highest BCUT2D eigenvalue weighted by molar-refractivity contribution is 7.89. The van der Waals surface area contributed by atoms with E-state index >= 15 is 0 Å². The van der Waals surface area contributed by atoms with Crippen LogP contribution in [-0.4, -0.2) is 35.7 Å². The maximum atomic E-state index is 13.2. The molecule has 8 heteroatoms. The molecular weight excluding hydrogens is 414 g/mol. The van der Waals surface area contributed by atoms with Gasteiger partial charge in [0.1, 0.15) is 5.75 Å². The smallest absolute Gasteiger partial charge is 0.243 e. The summed E-state index contributed by atoms with van der Waals surface area (Å²) in [4.78, 5) is 0.269. The molecule has 0 amide bonds. The molecule has 0 saturated carbocycles. The predicted octanol–water partition coefficient (Wildman–Crippen LogP) is 3.28. The lowest BCUT2D eigenvalue weighted by atomic mass is 10.1. The minimum Gasteiger partial charge on any atom is -0.494 e. The van der Waals surface area contributed by atoms with E-state index in [1.54, 1.807) is 24.3 Å². The quantitative estimate of drug-likeness (QED) is 0.536. The molecule has 0 fully saturated rings. The van der Waals surface area contributed by atoms with Crippen molar-refractivity contribution >= 4 is 10.0 Å². The molecule has 2 aromatic carbocycles. The van der Waals surface area contributed by atoms with E-state index in [0.29, 0.717) is 45.1 Å². The van der Waals surface area contributed by atoms with Crippen LogP contribution in [0.1, 0.15) is 29.4 Å². The first-order chi connectivity index (χ1) is 15.0. The van der Waals surface area contributed by atoms with Crippen molar-refractivity contribution in [2.24, 2.45) is 7.05 Å². The van der Waals surface area contributed by atoms with E-state index in [4.69, 9.17) is 9.47 Å². The lowest BCUT2D eigenvalue weighted by Crippen LogP contribution is -2.36. The zero-order chi connectivity index (χ0) is 21.8. The Morgan fingerprint density at radius 2 is 1.77 bits per heavy atom. The Morgan fingerprint density at radius 1 is 1.03 bits per heavy atom. The van der Waals surface area contributed by atoms with Crippen LogP contribution in [0.5, 0.6) is 5.75 Å². The molecule has 1 aliphatic heterocycles. The number of fused-ring (bicyclic) bond motifs is 1. The number of ether oxygens (including phenoxy) is 2. The average molecular weight is 442 g/mol. The fourth-order valence-electron chi connectivity index (χ4n) is 3.83. The number of nitrogens with zero attached hydrogens (tertiary/aromatic N) is 3. The van der Waals surface area contributed by atoms with Gasteiger partial charge in [0.2, 0.25) is 10.0 Å². The molecule has 0 bridgehead atoms. The minimum absolute atomic E-state index is 0.269. The topological polar surface area (TPSA) is 73.7 Å². The Bertz CT molecular complexity index is 1130. The molecule has 0 N–H and O–H groups in total. The lowest BCUT2D eigenvalue weighted by molar-refractivity contribution is 0.103. The summed E-state index contributed by atoms with van der Waals surface area (Å²) in [6.45, 7) is 3.98. The fraction of sp³-hybridized carbons (Fsp3) is 0.348. The van der Waals surface area contributed by atoms with Crippen molar-refractivity contribution in [2.75, 3.05) is 13.2 Å². The summed E-state index contributed by atoms with van der Waals surface area (Å²) in [7, 11) is -1.71. The molecule has 0 atom stereocenters. The third-order valence-electron chi connectivity index (χ3n) is 5.41. The zero-order valence-electron chi connectivity index (χ0n) is 17.8. The Labute approximate surface area is 183 Å². The third-order valence-corrected chi connectivity index (χ3v) is 7.27. The second kappa shape index (κ2) is 9.21. The van der Waals surface area contributed by atoms with Gasteiger partial charge >= 0.3 is 0 Å². The Kier molecular flexibility index (Phi) is 6.41. The monoisotopic (exact) mass is 441 g/mol. The van der Waals surface area contributed by atoms with Crippen LogP contribution in [0.25, 0.3) is 0 Å². The van der Waals surface area contributed by atoms with Crippen molar-refractivity contribution in [3.63, 3.8) is 0 Å². The summed E-state index contributed by atoms with van der Waals surface area (Å²) < 4.78 is 41.1. The molecule has 0 radical (unpaired) electrons. The number of aryl methyl sites for hydroxylation is 1. The average Bonchev–Trinajstić information content (AvgIpc) is 3.10. The molecule has 1 aromatic heterocycles. The number of hydrogen-bond donors (Lipinski definition) is 0. The van der Waals surface area contributed by atoms with Gasteiger partial charge < -0.3 is 9.47 Å². The van der Waals surface area contributed by atoms with Crippen molar-refractivity contribution in [3.05, 3.63) is 77.1 Å². The highest BCUT2D eigenvalue weighted by Gasteiger charge is 2.32. The fourth-order valence-corrected chi connectivity index (χ4v) is 5.24. The molecule has 0 saturated heterocycles. The maximum absolute atomic E-state index is 13.2. The van der Waals surface area contributed by atoms with Gasteiger partial charge in [0.15, 0.2) is 0 Å². The normalized spacial score (nSPS) is 14.4. The van der Waals surface area contributed by atoms with Gasteiger partial charge in [-0.15, -0.1) is 0 Å². The number of benzene rings is 2. The van der Waals surface area contributed by atoms with Crippen LogP contribution in [0.2, 0.25) is 0 Å². The van der Waals surface area contributed by atoms with Gasteiger partial charge in [0, 0.05) is 37.8 Å². The first-order valence-electron chi connectivity index (χ1n) is 10.4. The van der Waals surface area contributed by atoms with Crippen LogP contribution >= 0.6 is 0 Å². The summed E-state index contributed by atoms with van der Waals surface area (Å²) in [5.74, 6) is 0.660. The molecule has 0 unspecified atom stereocenters. The van der Waals surface area contributed by atoms with Gasteiger partial charge in [-0.2, -0.15) is 9.40 Å². The van der Waals surface area contributed by atoms with E-state index in [0.717, 1.165) is 22.5 Å². The molecule has 0 spiro atoms. The van der Waals surface area contributed by atoms with Crippen LogP contribution in [0.4, 0.5) is 0 Å². The van der Waals surface area contributed by atoms with Crippen LogP contribution in [0.15, 0.2) is 59.5 Å². The zero-order valence-corrected chi connectivity index (χ0v) is 18.6. The SMILES string of the molecule is CCOc1ccc(S(=O)(=O)N2CCc3c(c(COCc4ccccc4)nn3C)C2)cc1. The third kappa shape index (κ3) is 4.66. The highest BCUT2D eigenvalue weighted by atomic mass is 32.2. The summed E-state index contributed by atoms with van der Waals surface area (Å²) in [5, 5.41) is 4.60. The van der Waals surface area contributed by atoms with Crippen LogP contribution < -0.4 is 4.74 Å². The number of sulfonamides is 1. The van der Waals surface area contributed by atoms with Crippen molar-refractivity contribution < 1.29 is 17.9 Å². The Hall–Kier alpha value is -2.68. The van der Waals surface area contributed by atoms with Crippen LogP contribution in [0, 0.1) is 0 Å². The molecule has 2 heterocycles. The Morgan fingerprint density at radius 3 is 2.48 bits per heavy atom. The van der Waals surface area contributed by atoms with E-state index in [-0.39, 0.29) is 4.90 Å². The van der Waals surface area contributed by atoms with E-state index < -0.39 is 10.0 Å². The maximum Gasteiger partial charge on any atom is 0.243 e. The lowest BCUT2D eigenvalue weighted by Gasteiger charge is -2.27. The largest absolute Gasteiger partial charge is 0.494 e. The van der Waals surface area contributed by atoms with Gasteiger partial charge in [-0.3, -0.25) is 4.68 Å². The molecule has 4 rings (SSSR count). The molecule has 7 nitrogen and oxygen atoms in total. The van der Waals surface area contributed by atoms with Crippen molar-refractivity contribution in [1.29, 1.82) is 0 Å². The molecule has 164 valence electrons. The molecule has 31 heavy (non-hydrogen) atoms. The van der Waals surface area contributed by atoms with Crippen molar-refractivity contribution in [3.8, 4) is 5.75 Å².